The number of hydrogen-bond donors (Lipinski definition) is 1. The molecule has 0 aliphatic carbocycles. The minimum absolute atomic E-state index is 0.114. The summed E-state index contributed by atoms with van der Waals surface area (Å²) in [6.07, 6.45) is 2.50. The van der Waals surface area contributed by atoms with E-state index in [-0.39, 0.29) is 12.0 Å². The monoisotopic (exact) mass is 277 g/mol. The highest BCUT2D eigenvalue weighted by molar-refractivity contribution is 5.76. The fraction of sp³-hybridized carbons (Fsp3) is 0.562. The van der Waals surface area contributed by atoms with Crippen molar-refractivity contribution < 1.29 is 14.6 Å². The first-order valence-electron chi connectivity index (χ1n) is 7.36. The van der Waals surface area contributed by atoms with Crippen molar-refractivity contribution >= 4 is 5.91 Å². The molecule has 1 heterocycles. The average Bonchev–Trinajstić information content (AvgIpc) is 2.48. The Balaban J connectivity index is 1.73. The van der Waals surface area contributed by atoms with Crippen molar-refractivity contribution in [2.75, 3.05) is 19.7 Å². The molecule has 1 fully saturated rings. The van der Waals surface area contributed by atoms with Gasteiger partial charge in [0.15, 0.2) is 0 Å². The van der Waals surface area contributed by atoms with E-state index in [1.165, 1.54) is 5.56 Å². The summed E-state index contributed by atoms with van der Waals surface area (Å²) in [5.74, 6) is 0.940. The maximum absolute atomic E-state index is 12.0. The van der Waals surface area contributed by atoms with E-state index < -0.39 is 0 Å². The Morgan fingerprint density at radius 1 is 1.40 bits per heavy atom. The van der Waals surface area contributed by atoms with Crippen LogP contribution in [0, 0.1) is 0 Å². The molecule has 1 aromatic rings. The molecule has 0 unspecified atom stereocenters. The summed E-state index contributed by atoms with van der Waals surface area (Å²) < 4.78 is 5.63. The molecule has 1 aliphatic heterocycles. The highest BCUT2D eigenvalue weighted by atomic mass is 16.5. The van der Waals surface area contributed by atoms with Crippen LogP contribution in [0.25, 0.3) is 0 Å². The molecule has 110 valence electrons. The molecule has 1 saturated heterocycles. The zero-order valence-corrected chi connectivity index (χ0v) is 12.0. The van der Waals surface area contributed by atoms with Gasteiger partial charge in [-0.05, 0) is 37.0 Å². The van der Waals surface area contributed by atoms with Crippen LogP contribution in [-0.2, 0) is 11.2 Å². The van der Waals surface area contributed by atoms with E-state index in [9.17, 15) is 9.90 Å². The number of aliphatic hydroxyl groups excluding tert-OH is 1. The summed E-state index contributed by atoms with van der Waals surface area (Å²) in [5, 5.41) is 9.42. The first-order valence-corrected chi connectivity index (χ1v) is 7.36. The zero-order chi connectivity index (χ0) is 14.4. The van der Waals surface area contributed by atoms with Crippen LogP contribution in [0.2, 0.25) is 0 Å². The van der Waals surface area contributed by atoms with Gasteiger partial charge in [-0.1, -0.05) is 19.1 Å². The Kier molecular flexibility index (Phi) is 5.41. The first-order chi connectivity index (χ1) is 9.69. The summed E-state index contributed by atoms with van der Waals surface area (Å²) >= 11 is 0. The fourth-order valence-corrected chi connectivity index (χ4v) is 2.38. The zero-order valence-electron chi connectivity index (χ0n) is 12.0. The van der Waals surface area contributed by atoms with Crippen molar-refractivity contribution in [1.29, 1.82) is 0 Å². The molecule has 0 atom stereocenters. The molecule has 0 bridgehead atoms. The van der Waals surface area contributed by atoms with Crippen LogP contribution < -0.4 is 4.74 Å². The topological polar surface area (TPSA) is 49.8 Å². The van der Waals surface area contributed by atoms with Crippen molar-refractivity contribution in [3.05, 3.63) is 29.8 Å². The Morgan fingerprint density at radius 3 is 2.85 bits per heavy atom. The van der Waals surface area contributed by atoms with Gasteiger partial charge in [-0.25, -0.2) is 0 Å². The molecule has 1 N–H and O–H groups in total. The number of rotatable bonds is 5. The van der Waals surface area contributed by atoms with Crippen LogP contribution in [0.15, 0.2) is 24.3 Å². The molecule has 1 aliphatic rings. The third kappa shape index (κ3) is 4.23. The lowest BCUT2D eigenvalue weighted by Crippen LogP contribution is -2.40. The quantitative estimate of drug-likeness (QED) is 0.895. The van der Waals surface area contributed by atoms with Crippen molar-refractivity contribution in [3.8, 4) is 5.75 Å². The van der Waals surface area contributed by atoms with Crippen molar-refractivity contribution in [2.45, 2.75) is 38.7 Å². The van der Waals surface area contributed by atoms with Crippen LogP contribution in [0.4, 0.5) is 0 Å². The Bertz CT molecular complexity index is 439. The smallest absolute Gasteiger partial charge is 0.226 e. The van der Waals surface area contributed by atoms with Gasteiger partial charge in [-0.3, -0.25) is 4.79 Å². The van der Waals surface area contributed by atoms with Gasteiger partial charge in [0.25, 0.3) is 0 Å². The average molecular weight is 277 g/mol. The molecule has 0 radical (unpaired) electrons. The van der Waals surface area contributed by atoms with Crippen molar-refractivity contribution in [1.82, 2.24) is 4.90 Å². The van der Waals surface area contributed by atoms with Gasteiger partial charge < -0.3 is 14.7 Å². The largest absolute Gasteiger partial charge is 0.493 e. The normalized spacial score (nSPS) is 16.2. The SMILES string of the molecule is CCc1cccc(OCCC(=O)N2CCC(O)CC2)c1. The number of carbonyl (C=O) groups excluding carboxylic acids is 1. The fourth-order valence-electron chi connectivity index (χ4n) is 2.38. The minimum atomic E-state index is -0.243. The molecular formula is C16H23NO3. The highest BCUT2D eigenvalue weighted by Crippen LogP contribution is 2.15. The predicted octanol–water partition coefficient (Wildman–Crippen LogP) is 2.00. The van der Waals surface area contributed by atoms with Gasteiger partial charge >= 0.3 is 0 Å². The highest BCUT2D eigenvalue weighted by Gasteiger charge is 2.20. The van der Waals surface area contributed by atoms with Gasteiger partial charge in [-0.15, -0.1) is 0 Å². The first kappa shape index (κ1) is 14.9. The number of piperidine rings is 1. The second kappa shape index (κ2) is 7.29. The number of likely N-dealkylation sites (tertiary alicyclic amines) is 1. The lowest BCUT2D eigenvalue weighted by Gasteiger charge is -2.29. The van der Waals surface area contributed by atoms with E-state index in [1.54, 1.807) is 0 Å². The Hall–Kier alpha value is -1.55. The van der Waals surface area contributed by atoms with E-state index in [2.05, 4.69) is 13.0 Å². The van der Waals surface area contributed by atoms with E-state index in [1.807, 2.05) is 23.1 Å². The maximum Gasteiger partial charge on any atom is 0.226 e. The van der Waals surface area contributed by atoms with Gasteiger partial charge in [0, 0.05) is 13.1 Å². The number of benzene rings is 1. The molecule has 0 saturated carbocycles. The van der Waals surface area contributed by atoms with Gasteiger partial charge in [0.05, 0.1) is 19.1 Å². The number of ether oxygens (including phenoxy) is 1. The van der Waals surface area contributed by atoms with Crippen LogP contribution in [0.3, 0.4) is 0 Å². The van der Waals surface area contributed by atoms with Crippen LogP contribution >= 0.6 is 0 Å². The van der Waals surface area contributed by atoms with Crippen molar-refractivity contribution in [3.63, 3.8) is 0 Å². The summed E-state index contributed by atoms with van der Waals surface area (Å²) in [6, 6.07) is 7.97. The molecule has 0 spiro atoms. The van der Waals surface area contributed by atoms with Crippen LogP contribution in [0.5, 0.6) is 5.75 Å². The molecule has 0 aromatic heterocycles. The number of aliphatic hydroxyl groups is 1. The third-order valence-electron chi connectivity index (χ3n) is 3.71. The number of amides is 1. The predicted molar refractivity (Wildman–Crippen MR) is 77.8 cm³/mol. The van der Waals surface area contributed by atoms with Crippen LogP contribution in [0.1, 0.15) is 31.7 Å². The van der Waals surface area contributed by atoms with Crippen molar-refractivity contribution in [2.24, 2.45) is 0 Å². The van der Waals surface area contributed by atoms with Crippen LogP contribution in [-0.4, -0.2) is 41.7 Å². The van der Waals surface area contributed by atoms with E-state index in [4.69, 9.17) is 4.74 Å². The molecule has 4 nitrogen and oxygen atoms in total. The molecule has 2 rings (SSSR count). The molecule has 1 amide bonds. The van der Waals surface area contributed by atoms with Gasteiger partial charge in [0.2, 0.25) is 5.91 Å². The summed E-state index contributed by atoms with van der Waals surface area (Å²) in [7, 11) is 0. The molecule has 4 heteroatoms. The molecule has 1 aromatic carbocycles. The Labute approximate surface area is 120 Å². The van der Waals surface area contributed by atoms with Gasteiger partial charge in [0.1, 0.15) is 5.75 Å². The standard InChI is InChI=1S/C16H23NO3/c1-2-13-4-3-5-15(12-13)20-11-8-16(19)17-9-6-14(18)7-10-17/h3-5,12,14,18H,2,6-11H2,1H3. The Morgan fingerprint density at radius 2 is 2.15 bits per heavy atom. The number of aryl methyl sites for hydroxylation is 1. The molecular weight excluding hydrogens is 254 g/mol. The summed E-state index contributed by atoms with van der Waals surface area (Å²) in [4.78, 5) is 13.8. The van der Waals surface area contributed by atoms with E-state index in [0.717, 1.165) is 12.2 Å². The minimum Gasteiger partial charge on any atom is -0.493 e. The number of nitrogens with zero attached hydrogens (tertiary/aromatic N) is 1. The summed E-state index contributed by atoms with van der Waals surface area (Å²) in [5.41, 5.74) is 1.24. The van der Waals surface area contributed by atoms with E-state index in [0.29, 0.717) is 39.0 Å². The second-order valence-corrected chi connectivity index (χ2v) is 5.21. The second-order valence-electron chi connectivity index (χ2n) is 5.21. The third-order valence-corrected chi connectivity index (χ3v) is 3.71. The summed E-state index contributed by atoms with van der Waals surface area (Å²) in [6.45, 7) is 3.83. The number of carbonyl (C=O) groups is 1. The number of hydrogen-bond acceptors (Lipinski definition) is 3. The van der Waals surface area contributed by atoms with E-state index >= 15 is 0 Å². The maximum atomic E-state index is 12.0. The van der Waals surface area contributed by atoms with Gasteiger partial charge in [-0.2, -0.15) is 0 Å². The lowest BCUT2D eigenvalue weighted by atomic mass is 10.1. The molecule has 20 heavy (non-hydrogen) atoms. The lowest BCUT2D eigenvalue weighted by molar-refractivity contribution is -0.133.